The van der Waals surface area contributed by atoms with Gasteiger partial charge in [-0.3, -0.25) is 19.7 Å². The van der Waals surface area contributed by atoms with Crippen LogP contribution < -0.4 is 5.32 Å². The van der Waals surface area contributed by atoms with Crippen molar-refractivity contribution in [2.24, 2.45) is 11.8 Å². The largest absolute Gasteiger partial charge is 0.461 e. The van der Waals surface area contributed by atoms with Gasteiger partial charge in [-0.1, -0.05) is 44.0 Å². The minimum Gasteiger partial charge on any atom is -0.461 e. The van der Waals surface area contributed by atoms with Crippen molar-refractivity contribution in [1.29, 1.82) is 0 Å². The molecule has 0 saturated heterocycles. The molecule has 7 nitrogen and oxygen atoms in total. The van der Waals surface area contributed by atoms with Crippen LogP contribution in [0, 0.1) is 22.0 Å². The van der Waals surface area contributed by atoms with E-state index in [2.05, 4.69) is 12.2 Å². The third kappa shape index (κ3) is 5.43. The third-order valence-corrected chi connectivity index (χ3v) is 5.54. The Morgan fingerprint density at radius 1 is 1.07 bits per heavy atom. The van der Waals surface area contributed by atoms with E-state index in [0.717, 1.165) is 19.3 Å². The van der Waals surface area contributed by atoms with Gasteiger partial charge >= 0.3 is 5.97 Å². The van der Waals surface area contributed by atoms with Crippen LogP contribution in [0.25, 0.3) is 0 Å². The number of nitro benzene ring substituents is 1. The Kier molecular flexibility index (Phi) is 7.17. The van der Waals surface area contributed by atoms with Gasteiger partial charge in [-0.05, 0) is 42.5 Å². The highest BCUT2D eigenvalue weighted by Crippen LogP contribution is 2.32. The molecule has 30 heavy (non-hydrogen) atoms. The number of ether oxygens (including phenoxy) is 1. The predicted octanol–water partition coefficient (Wildman–Crippen LogP) is 4.65. The molecule has 158 valence electrons. The number of hydrogen-bond acceptors (Lipinski definition) is 5. The molecule has 1 N–H and O–H groups in total. The van der Waals surface area contributed by atoms with E-state index < -0.39 is 22.7 Å². The van der Waals surface area contributed by atoms with E-state index in [-0.39, 0.29) is 18.2 Å². The van der Waals surface area contributed by atoms with Crippen LogP contribution in [0.4, 0.5) is 11.4 Å². The molecule has 0 heterocycles. The van der Waals surface area contributed by atoms with Crippen LogP contribution >= 0.6 is 0 Å². The van der Waals surface area contributed by atoms with Crippen LogP contribution in [0.3, 0.4) is 0 Å². The molecule has 0 bridgehead atoms. The third-order valence-electron chi connectivity index (χ3n) is 5.54. The fourth-order valence-electron chi connectivity index (χ4n) is 3.81. The molecule has 1 amide bonds. The van der Waals surface area contributed by atoms with Crippen LogP contribution in [0.5, 0.6) is 0 Å². The first-order chi connectivity index (χ1) is 14.5. The number of esters is 1. The van der Waals surface area contributed by atoms with Gasteiger partial charge in [0.2, 0.25) is 5.91 Å². The Hall–Kier alpha value is -3.22. The number of nitro groups is 1. The highest BCUT2D eigenvalue weighted by Gasteiger charge is 2.36. The molecule has 7 heteroatoms. The summed E-state index contributed by atoms with van der Waals surface area (Å²) in [4.78, 5) is 36.0. The smallest absolute Gasteiger partial charge is 0.310 e. The molecule has 2 atom stereocenters. The topological polar surface area (TPSA) is 98.5 Å². The molecule has 2 aromatic rings. The number of nitrogens with one attached hydrogen (secondary N) is 1. The van der Waals surface area contributed by atoms with Crippen LogP contribution in [0.2, 0.25) is 0 Å². The summed E-state index contributed by atoms with van der Waals surface area (Å²) >= 11 is 0. The molecule has 1 aliphatic rings. The monoisotopic (exact) mass is 410 g/mol. The molecule has 3 rings (SSSR count). The standard InChI is InChI=1S/C23H26N2O5/c1-2-16-10-12-18(13-11-16)24-22(26)20-8-3-4-9-21(20)23(27)30-15-17-6-5-7-19(14-17)25(28)29/h5-7,10-14,20-21H,2-4,8-9,15H2,1H3,(H,24,26)/t20-,21+/m0/s1. The molecule has 1 aliphatic carbocycles. The number of carbonyl (C=O) groups excluding carboxylic acids is 2. The highest BCUT2D eigenvalue weighted by atomic mass is 16.6. The number of aryl methyl sites for hydroxylation is 1. The van der Waals surface area contributed by atoms with E-state index in [1.54, 1.807) is 12.1 Å². The number of non-ortho nitro benzene ring substituents is 1. The minimum absolute atomic E-state index is 0.0486. The number of benzene rings is 2. The lowest BCUT2D eigenvalue weighted by Crippen LogP contribution is -2.37. The lowest BCUT2D eigenvalue weighted by molar-refractivity contribution is -0.384. The first-order valence-electron chi connectivity index (χ1n) is 10.3. The van der Waals surface area contributed by atoms with Crippen molar-refractivity contribution in [2.45, 2.75) is 45.6 Å². The summed E-state index contributed by atoms with van der Waals surface area (Å²) in [5.74, 6) is -1.55. The second kappa shape index (κ2) is 10.0. The SMILES string of the molecule is CCc1ccc(NC(=O)[C@H]2CCCC[C@H]2C(=O)OCc2cccc([N+](=O)[O-])c2)cc1. The maximum absolute atomic E-state index is 12.8. The fraction of sp³-hybridized carbons (Fsp3) is 0.391. The summed E-state index contributed by atoms with van der Waals surface area (Å²) < 4.78 is 5.42. The van der Waals surface area contributed by atoms with Crippen LogP contribution in [-0.2, 0) is 27.4 Å². The zero-order valence-corrected chi connectivity index (χ0v) is 17.0. The summed E-state index contributed by atoms with van der Waals surface area (Å²) in [6.45, 7) is 2.02. The van der Waals surface area contributed by atoms with Crippen LogP contribution in [0.1, 0.15) is 43.7 Å². The summed E-state index contributed by atoms with van der Waals surface area (Å²) in [5.41, 5.74) is 2.40. The van der Waals surface area contributed by atoms with Crippen molar-refractivity contribution >= 4 is 23.3 Å². The van der Waals surface area contributed by atoms with Crippen molar-refractivity contribution in [3.05, 3.63) is 69.8 Å². The molecule has 1 fully saturated rings. The zero-order valence-electron chi connectivity index (χ0n) is 17.0. The van der Waals surface area contributed by atoms with Gasteiger partial charge in [0.05, 0.1) is 16.8 Å². The summed E-state index contributed by atoms with van der Waals surface area (Å²) in [6.07, 6.45) is 3.92. The molecular weight excluding hydrogens is 384 g/mol. The number of hydrogen-bond donors (Lipinski definition) is 1. The second-order valence-electron chi connectivity index (χ2n) is 7.57. The van der Waals surface area contributed by atoms with E-state index >= 15 is 0 Å². The van der Waals surface area contributed by atoms with Crippen molar-refractivity contribution in [3.8, 4) is 0 Å². The molecule has 0 aliphatic heterocycles. The molecule has 0 spiro atoms. The highest BCUT2D eigenvalue weighted by molar-refractivity contribution is 5.95. The van der Waals surface area contributed by atoms with Gasteiger partial charge in [-0.25, -0.2) is 0 Å². The fourth-order valence-corrected chi connectivity index (χ4v) is 3.81. The predicted molar refractivity (Wildman–Crippen MR) is 113 cm³/mol. The Labute approximate surface area is 175 Å². The number of nitrogens with zero attached hydrogens (tertiary/aromatic N) is 1. The van der Waals surface area contributed by atoms with Gasteiger partial charge in [-0.15, -0.1) is 0 Å². The van der Waals surface area contributed by atoms with Gasteiger partial charge in [0.25, 0.3) is 5.69 Å². The molecule has 2 aromatic carbocycles. The minimum atomic E-state index is -0.507. The summed E-state index contributed by atoms with van der Waals surface area (Å²) in [5, 5.41) is 13.8. The average molecular weight is 410 g/mol. The van der Waals surface area contributed by atoms with E-state index in [9.17, 15) is 19.7 Å². The van der Waals surface area contributed by atoms with Gasteiger partial charge in [0, 0.05) is 17.8 Å². The maximum Gasteiger partial charge on any atom is 0.310 e. The first kappa shape index (κ1) is 21.5. The van der Waals surface area contributed by atoms with Crippen molar-refractivity contribution in [1.82, 2.24) is 0 Å². The molecular formula is C23H26N2O5. The van der Waals surface area contributed by atoms with Gasteiger partial charge < -0.3 is 10.1 Å². The number of rotatable bonds is 7. The molecule has 0 aromatic heterocycles. The molecule has 1 saturated carbocycles. The van der Waals surface area contributed by atoms with Gasteiger partial charge in [-0.2, -0.15) is 0 Å². The summed E-state index contributed by atoms with van der Waals surface area (Å²) in [7, 11) is 0. The van der Waals surface area contributed by atoms with Crippen molar-refractivity contribution in [3.63, 3.8) is 0 Å². The quantitative estimate of drug-likeness (QED) is 0.407. The molecule has 0 radical (unpaired) electrons. The normalized spacial score (nSPS) is 18.4. The van der Waals surface area contributed by atoms with Crippen molar-refractivity contribution < 1.29 is 19.2 Å². The van der Waals surface area contributed by atoms with Gasteiger partial charge in [0.15, 0.2) is 0 Å². The number of anilines is 1. The zero-order chi connectivity index (χ0) is 21.5. The number of amides is 1. The van der Waals surface area contributed by atoms with Gasteiger partial charge in [0.1, 0.15) is 6.61 Å². The Morgan fingerprint density at radius 2 is 1.77 bits per heavy atom. The average Bonchev–Trinajstić information content (AvgIpc) is 2.78. The Morgan fingerprint density at radius 3 is 2.43 bits per heavy atom. The molecule has 0 unspecified atom stereocenters. The van der Waals surface area contributed by atoms with E-state index in [1.165, 1.54) is 17.7 Å². The van der Waals surface area contributed by atoms with Crippen LogP contribution in [0.15, 0.2) is 48.5 Å². The maximum atomic E-state index is 12.8. The van der Waals surface area contributed by atoms with E-state index in [4.69, 9.17) is 4.74 Å². The lowest BCUT2D eigenvalue weighted by Gasteiger charge is -2.29. The summed E-state index contributed by atoms with van der Waals surface area (Å²) in [6, 6.07) is 13.7. The van der Waals surface area contributed by atoms with Crippen LogP contribution in [-0.4, -0.2) is 16.8 Å². The number of carbonyl (C=O) groups is 2. The Bertz CT molecular complexity index is 910. The second-order valence-corrected chi connectivity index (χ2v) is 7.57. The first-order valence-corrected chi connectivity index (χ1v) is 10.3. The van der Waals surface area contributed by atoms with E-state index in [1.807, 2.05) is 24.3 Å². The lowest BCUT2D eigenvalue weighted by atomic mass is 9.78. The van der Waals surface area contributed by atoms with E-state index in [0.29, 0.717) is 24.1 Å². The Balaban J connectivity index is 1.62. The van der Waals surface area contributed by atoms with Crippen molar-refractivity contribution in [2.75, 3.05) is 5.32 Å².